The predicted molar refractivity (Wildman–Crippen MR) is 103 cm³/mol. The summed E-state index contributed by atoms with van der Waals surface area (Å²) in [7, 11) is 0. The predicted octanol–water partition coefficient (Wildman–Crippen LogP) is 3.17. The van der Waals surface area contributed by atoms with Crippen LogP contribution in [0.5, 0.6) is 0 Å². The number of nitrogens with zero attached hydrogens (tertiary/aromatic N) is 5. The number of nitrogens with one attached hydrogen (secondary N) is 1. The Balaban J connectivity index is 1.65. The van der Waals surface area contributed by atoms with Crippen molar-refractivity contribution in [1.29, 1.82) is 0 Å². The Hall–Kier alpha value is -3.55. The summed E-state index contributed by atoms with van der Waals surface area (Å²) >= 11 is 0. The van der Waals surface area contributed by atoms with Gasteiger partial charge in [-0.15, -0.1) is 0 Å². The first kappa shape index (κ1) is 17.8. The molecule has 8 nitrogen and oxygen atoms in total. The number of rotatable bonds is 5. The van der Waals surface area contributed by atoms with Crippen LogP contribution in [0.1, 0.15) is 47.1 Å². The highest BCUT2D eigenvalue weighted by atomic mass is 16.5. The van der Waals surface area contributed by atoms with Gasteiger partial charge in [-0.1, -0.05) is 25.1 Å². The number of carbonyl (C=O) groups is 1. The number of aromatic nitrogens is 5. The zero-order valence-corrected chi connectivity index (χ0v) is 15.9. The molecule has 142 valence electrons. The molecule has 0 aromatic carbocycles. The Morgan fingerprint density at radius 3 is 2.89 bits per heavy atom. The number of hydrogen-bond donors (Lipinski definition) is 1. The minimum absolute atomic E-state index is 0.158. The Kier molecular flexibility index (Phi) is 4.60. The third kappa shape index (κ3) is 3.24. The highest BCUT2D eigenvalue weighted by Crippen LogP contribution is 2.25. The van der Waals surface area contributed by atoms with Crippen molar-refractivity contribution in [2.24, 2.45) is 0 Å². The second-order valence-electron chi connectivity index (χ2n) is 6.82. The average molecular weight is 376 g/mol. The molecule has 4 heterocycles. The molecule has 0 bridgehead atoms. The lowest BCUT2D eigenvalue weighted by atomic mass is 10.0. The average Bonchev–Trinajstić information content (AvgIpc) is 3.36. The molecule has 0 saturated carbocycles. The van der Waals surface area contributed by atoms with Crippen molar-refractivity contribution >= 4 is 17.0 Å². The summed E-state index contributed by atoms with van der Waals surface area (Å²) in [5, 5.41) is 11.8. The van der Waals surface area contributed by atoms with Crippen molar-refractivity contribution in [3.8, 4) is 5.82 Å². The van der Waals surface area contributed by atoms with Crippen LogP contribution >= 0.6 is 0 Å². The van der Waals surface area contributed by atoms with E-state index >= 15 is 0 Å². The van der Waals surface area contributed by atoms with Crippen molar-refractivity contribution in [3.05, 3.63) is 65.4 Å². The molecule has 0 aliphatic carbocycles. The molecule has 8 heteroatoms. The summed E-state index contributed by atoms with van der Waals surface area (Å²) < 4.78 is 6.97. The van der Waals surface area contributed by atoms with Crippen molar-refractivity contribution in [2.75, 3.05) is 0 Å². The molecule has 4 aromatic heterocycles. The highest BCUT2D eigenvalue weighted by Gasteiger charge is 2.20. The Morgan fingerprint density at radius 2 is 2.14 bits per heavy atom. The first-order chi connectivity index (χ1) is 13.5. The van der Waals surface area contributed by atoms with E-state index in [1.165, 1.54) is 0 Å². The Bertz CT molecular complexity index is 1130. The van der Waals surface area contributed by atoms with E-state index < -0.39 is 0 Å². The molecule has 0 spiro atoms. The zero-order chi connectivity index (χ0) is 19.7. The molecule has 4 aromatic rings. The monoisotopic (exact) mass is 376 g/mol. The molecule has 1 N–H and O–H groups in total. The van der Waals surface area contributed by atoms with Gasteiger partial charge in [-0.2, -0.15) is 5.10 Å². The van der Waals surface area contributed by atoms with Crippen LogP contribution in [0.2, 0.25) is 0 Å². The van der Waals surface area contributed by atoms with E-state index in [4.69, 9.17) is 4.52 Å². The summed E-state index contributed by atoms with van der Waals surface area (Å²) in [6.07, 6.45) is 5.20. The van der Waals surface area contributed by atoms with Gasteiger partial charge in [0.2, 0.25) is 0 Å². The normalized spacial score (nSPS) is 11.3. The maximum atomic E-state index is 13.0. The van der Waals surface area contributed by atoms with Crippen molar-refractivity contribution in [3.63, 3.8) is 0 Å². The third-order valence-corrected chi connectivity index (χ3v) is 4.50. The molecule has 0 atom stereocenters. The van der Waals surface area contributed by atoms with Crippen LogP contribution < -0.4 is 5.32 Å². The fourth-order valence-electron chi connectivity index (χ4n) is 3.03. The van der Waals surface area contributed by atoms with Crippen molar-refractivity contribution in [1.82, 2.24) is 30.2 Å². The van der Waals surface area contributed by atoms with E-state index in [2.05, 4.69) is 25.5 Å². The quantitative estimate of drug-likeness (QED) is 0.574. The lowest BCUT2D eigenvalue weighted by Gasteiger charge is -2.11. The summed E-state index contributed by atoms with van der Waals surface area (Å²) in [5.41, 5.74) is 3.18. The molecule has 0 fully saturated rings. The van der Waals surface area contributed by atoms with Gasteiger partial charge < -0.3 is 9.84 Å². The summed E-state index contributed by atoms with van der Waals surface area (Å²) in [4.78, 5) is 21.9. The molecular formula is C20H20N6O2. The van der Waals surface area contributed by atoms with Crippen LogP contribution in [0.4, 0.5) is 0 Å². The molecule has 4 rings (SSSR count). The molecule has 0 aliphatic heterocycles. The SMILES string of the molecule is Cc1noc2nc(C(C)C)cc(C(=O)NCc3cccnc3-n3cccn3)c12. The van der Waals surface area contributed by atoms with Gasteiger partial charge in [0.1, 0.15) is 0 Å². The van der Waals surface area contributed by atoms with Gasteiger partial charge in [0.25, 0.3) is 11.6 Å². The lowest BCUT2D eigenvalue weighted by Crippen LogP contribution is -2.24. The van der Waals surface area contributed by atoms with Crippen LogP contribution in [0.25, 0.3) is 16.9 Å². The lowest BCUT2D eigenvalue weighted by molar-refractivity contribution is 0.0952. The molecular weight excluding hydrogens is 356 g/mol. The van der Waals surface area contributed by atoms with Gasteiger partial charge in [0, 0.05) is 36.4 Å². The van der Waals surface area contributed by atoms with Crippen LogP contribution in [-0.2, 0) is 6.54 Å². The summed E-state index contributed by atoms with van der Waals surface area (Å²) in [6, 6.07) is 7.38. The summed E-state index contributed by atoms with van der Waals surface area (Å²) in [6.45, 7) is 6.15. The second-order valence-corrected chi connectivity index (χ2v) is 6.82. The first-order valence-corrected chi connectivity index (χ1v) is 9.03. The second kappa shape index (κ2) is 7.22. The number of hydrogen-bond acceptors (Lipinski definition) is 6. The van der Waals surface area contributed by atoms with Crippen LogP contribution in [0, 0.1) is 6.92 Å². The minimum Gasteiger partial charge on any atom is -0.348 e. The smallest absolute Gasteiger partial charge is 0.259 e. The number of carbonyl (C=O) groups excluding carboxylic acids is 1. The van der Waals surface area contributed by atoms with Gasteiger partial charge in [-0.05, 0) is 31.0 Å². The number of pyridine rings is 2. The molecule has 0 saturated heterocycles. The van der Waals surface area contributed by atoms with Crippen LogP contribution in [-0.4, -0.2) is 30.8 Å². The number of aryl methyl sites for hydroxylation is 1. The fourth-order valence-corrected chi connectivity index (χ4v) is 3.03. The van der Waals surface area contributed by atoms with E-state index in [0.29, 0.717) is 34.7 Å². The molecule has 28 heavy (non-hydrogen) atoms. The van der Waals surface area contributed by atoms with E-state index in [9.17, 15) is 4.79 Å². The molecule has 0 radical (unpaired) electrons. The van der Waals surface area contributed by atoms with E-state index in [-0.39, 0.29) is 11.8 Å². The summed E-state index contributed by atoms with van der Waals surface area (Å²) in [5.74, 6) is 0.624. The largest absolute Gasteiger partial charge is 0.348 e. The number of fused-ring (bicyclic) bond motifs is 1. The van der Waals surface area contributed by atoms with Gasteiger partial charge in [-0.25, -0.2) is 14.6 Å². The van der Waals surface area contributed by atoms with Gasteiger partial charge in [-0.3, -0.25) is 4.79 Å². The highest BCUT2D eigenvalue weighted by molar-refractivity contribution is 6.06. The topological polar surface area (TPSA) is 98.7 Å². The standard InChI is InChI=1S/C20H20N6O2/c1-12(2)16-10-15(17-13(3)25-28-20(17)24-16)19(27)22-11-14-6-4-7-21-18(14)26-9-5-8-23-26/h4-10,12H,11H2,1-3H3,(H,22,27). The minimum atomic E-state index is -0.212. The van der Waals surface area contributed by atoms with E-state index in [0.717, 1.165) is 11.3 Å². The van der Waals surface area contributed by atoms with Crippen LogP contribution in [0.15, 0.2) is 47.4 Å². The van der Waals surface area contributed by atoms with Crippen molar-refractivity contribution in [2.45, 2.75) is 33.2 Å². The molecule has 1 amide bonds. The molecule has 0 aliphatic rings. The Labute approximate surface area is 161 Å². The maximum absolute atomic E-state index is 13.0. The third-order valence-electron chi connectivity index (χ3n) is 4.50. The zero-order valence-electron chi connectivity index (χ0n) is 15.9. The van der Waals surface area contributed by atoms with Gasteiger partial charge in [0.15, 0.2) is 5.82 Å². The maximum Gasteiger partial charge on any atom is 0.259 e. The first-order valence-electron chi connectivity index (χ1n) is 9.03. The fraction of sp³-hybridized carbons (Fsp3) is 0.250. The molecule has 0 unspecified atom stereocenters. The van der Waals surface area contributed by atoms with E-state index in [1.807, 2.05) is 44.3 Å². The van der Waals surface area contributed by atoms with Crippen LogP contribution in [0.3, 0.4) is 0 Å². The number of amides is 1. The van der Waals surface area contributed by atoms with E-state index in [1.54, 1.807) is 24.0 Å². The Morgan fingerprint density at radius 1 is 1.29 bits per heavy atom. The van der Waals surface area contributed by atoms with Gasteiger partial charge >= 0.3 is 0 Å². The van der Waals surface area contributed by atoms with Gasteiger partial charge in [0.05, 0.1) is 16.6 Å². The van der Waals surface area contributed by atoms with Crippen molar-refractivity contribution < 1.29 is 9.32 Å².